The van der Waals surface area contributed by atoms with Gasteiger partial charge in [0.15, 0.2) is 9.84 Å². The molecule has 0 radical (unpaired) electrons. The third-order valence-electron chi connectivity index (χ3n) is 4.82. The molecule has 1 heterocycles. The zero-order valence-corrected chi connectivity index (χ0v) is 16.7. The molecule has 1 fully saturated rings. The summed E-state index contributed by atoms with van der Waals surface area (Å²) in [4.78, 5) is 27.5. The molecule has 150 valence electrons. The molecule has 8 heteroatoms. The Bertz CT molecular complexity index is 965. The first kappa shape index (κ1) is 20.1. The number of ether oxygens (including phenoxy) is 1. The summed E-state index contributed by atoms with van der Waals surface area (Å²) in [5, 5.41) is 1.82. The molecule has 7 nitrogen and oxygen atoms in total. The second-order valence-corrected chi connectivity index (χ2v) is 8.75. The van der Waals surface area contributed by atoms with E-state index in [0.29, 0.717) is 32.8 Å². The highest BCUT2D eigenvalue weighted by Gasteiger charge is 2.26. The van der Waals surface area contributed by atoms with Crippen molar-refractivity contribution < 1.29 is 22.7 Å². The summed E-state index contributed by atoms with van der Waals surface area (Å²) in [5.74, 6) is -0.449. The number of amides is 2. The lowest BCUT2D eigenvalue weighted by Gasteiger charge is -2.34. The number of carbonyl (C=O) groups excluding carboxylic acids is 2. The molecule has 28 heavy (non-hydrogen) atoms. The Kier molecular flexibility index (Phi) is 6.18. The van der Waals surface area contributed by atoms with E-state index in [-0.39, 0.29) is 29.1 Å². The summed E-state index contributed by atoms with van der Waals surface area (Å²) < 4.78 is 30.2. The number of fused-ring (bicyclic) bond motifs is 1. The third-order valence-corrected chi connectivity index (χ3v) is 6.54. The van der Waals surface area contributed by atoms with Gasteiger partial charge in [-0.25, -0.2) is 13.2 Å². The lowest BCUT2D eigenvalue weighted by Crippen LogP contribution is -2.50. The van der Waals surface area contributed by atoms with Crippen LogP contribution < -0.4 is 0 Å². The van der Waals surface area contributed by atoms with Gasteiger partial charge in [0.2, 0.25) is 5.91 Å². The lowest BCUT2D eigenvalue weighted by atomic mass is 10.1. The van der Waals surface area contributed by atoms with Crippen LogP contribution in [-0.4, -0.2) is 68.8 Å². The molecule has 2 aromatic carbocycles. The van der Waals surface area contributed by atoms with Gasteiger partial charge in [-0.15, -0.1) is 0 Å². The van der Waals surface area contributed by atoms with Crippen molar-refractivity contribution >= 4 is 32.6 Å². The molecule has 2 amide bonds. The number of sulfone groups is 1. The van der Waals surface area contributed by atoms with E-state index in [9.17, 15) is 18.0 Å². The Morgan fingerprint density at radius 3 is 2.29 bits per heavy atom. The van der Waals surface area contributed by atoms with Crippen LogP contribution >= 0.6 is 0 Å². The maximum Gasteiger partial charge on any atom is 0.409 e. The van der Waals surface area contributed by atoms with Crippen LogP contribution in [0.5, 0.6) is 0 Å². The Morgan fingerprint density at radius 1 is 0.964 bits per heavy atom. The van der Waals surface area contributed by atoms with Crippen molar-refractivity contribution in [2.24, 2.45) is 0 Å². The highest BCUT2D eigenvalue weighted by Crippen LogP contribution is 2.20. The molecule has 1 aliphatic rings. The maximum atomic E-state index is 12.6. The Balaban J connectivity index is 1.57. The molecule has 0 aromatic heterocycles. The first-order chi connectivity index (χ1) is 13.4. The standard InChI is InChI=1S/C20H24N2O5S/c1-2-27-20(24)22-12-10-21(11-13-22)19(23)9-14-28(25,26)18-8-7-16-5-3-4-6-17(16)15-18/h3-8,15H,2,9-14H2,1H3. The molecule has 2 aromatic rings. The van der Waals surface area contributed by atoms with Crippen LogP contribution in [-0.2, 0) is 19.4 Å². The van der Waals surface area contributed by atoms with Crippen LogP contribution in [0.15, 0.2) is 47.4 Å². The van der Waals surface area contributed by atoms with Crippen LogP contribution in [0.1, 0.15) is 13.3 Å². The van der Waals surface area contributed by atoms with Gasteiger partial charge in [-0.3, -0.25) is 4.79 Å². The monoisotopic (exact) mass is 404 g/mol. The van der Waals surface area contributed by atoms with E-state index in [2.05, 4.69) is 0 Å². The minimum Gasteiger partial charge on any atom is -0.450 e. The summed E-state index contributed by atoms with van der Waals surface area (Å²) in [6.07, 6.45) is -0.456. The fourth-order valence-electron chi connectivity index (χ4n) is 3.21. The zero-order valence-electron chi connectivity index (χ0n) is 15.8. The van der Waals surface area contributed by atoms with Crippen LogP contribution in [0.2, 0.25) is 0 Å². The minimum absolute atomic E-state index is 0.0748. The highest BCUT2D eigenvalue weighted by molar-refractivity contribution is 7.91. The number of hydrogen-bond acceptors (Lipinski definition) is 5. The predicted octanol–water partition coefficient (Wildman–Crippen LogP) is 2.30. The number of nitrogens with zero attached hydrogens (tertiary/aromatic N) is 2. The predicted molar refractivity (Wildman–Crippen MR) is 106 cm³/mol. The zero-order chi connectivity index (χ0) is 20.1. The Labute approximate surface area is 164 Å². The van der Waals surface area contributed by atoms with Gasteiger partial charge in [-0.1, -0.05) is 30.3 Å². The van der Waals surface area contributed by atoms with E-state index in [1.165, 1.54) is 0 Å². The van der Waals surface area contributed by atoms with Crippen molar-refractivity contribution in [2.45, 2.75) is 18.2 Å². The first-order valence-electron chi connectivity index (χ1n) is 9.32. The average Bonchev–Trinajstić information content (AvgIpc) is 2.72. The van der Waals surface area contributed by atoms with E-state index in [1.54, 1.807) is 34.9 Å². The van der Waals surface area contributed by atoms with Crippen LogP contribution in [0.4, 0.5) is 4.79 Å². The van der Waals surface area contributed by atoms with Gasteiger partial charge in [-0.05, 0) is 29.8 Å². The fourth-order valence-corrected chi connectivity index (χ4v) is 4.47. The topological polar surface area (TPSA) is 84.0 Å². The van der Waals surface area contributed by atoms with Gasteiger partial charge < -0.3 is 14.5 Å². The minimum atomic E-state index is -3.55. The van der Waals surface area contributed by atoms with Crippen molar-refractivity contribution in [1.82, 2.24) is 9.80 Å². The van der Waals surface area contributed by atoms with Gasteiger partial charge in [-0.2, -0.15) is 0 Å². The maximum absolute atomic E-state index is 12.6. The van der Waals surface area contributed by atoms with Crippen LogP contribution in [0.3, 0.4) is 0 Å². The molecule has 1 aliphatic heterocycles. The highest BCUT2D eigenvalue weighted by atomic mass is 32.2. The molecule has 0 saturated carbocycles. The summed E-state index contributed by atoms with van der Waals surface area (Å²) in [6, 6.07) is 12.6. The number of hydrogen-bond donors (Lipinski definition) is 0. The van der Waals surface area contributed by atoms with Gasteiger partial charge >= 0.3 is 6.09 Å². The van der Waals surface area contributed by atoms with E-state index < -0.39 is 9.84 Å². The SMILES string of the molecule is CCOC(=O)N1CCN(C(=O)CCS(=O)(=O)c2ccc3ccccc3c2)CC1. The number of benzene rings is 2. The molecule has 0 bridgehead atoms. The largest absolute Gasteiger partial charge is 0.450 e. The normalized spacial score (nSPS) is 14.9. The van der Waals surface area contributed by atoms with Crippen molar-refractivity contribution in [1.29, 1.82) is 0 Å². The smallest absolute Gasteiger partial charge is 0.409 e. The van der Waals surface area contributed by atoms with Crippen molar-refractivity contribution in [3.8, 4) is 0 Å². The molecule has 0 N–H and O–H groups in total. The first-order valence-corrected chi connectivity index (χ1v) is 11.0. The summed E-state index contributed by atoms with van der Waals surface area (Å²) in [6.45, 7) is 3.60. The molecular formula is C20H24N2O5S. The van der Waals surface area contributed by atoms with Gasteiger partial charge in [0, 0.05) is 32.6 Å². The van der Waals surface area contributed by atoms with Gasteiger partial charge in [0.1, 0.15) is 0 Å². The Hall–Kier alpha value is -2.61. The molecule has 0 spiro atoms. The second-order valence-electron chi connectivity index (χ2n) is 6.64. The number of carbonyl (C=O) groups is 2. The van der Waals surface area contributed by atoms with Gasteiger partial charge in [0.25, 0.3) is 0 Å². The molecule has 0 atom stereocenters. The summed E-state index contributed by atoms with van der Waals surface area (Å²) in [5.41, 5.74) is 0. The number of piperazine rings is 1. The fraction of sp³-hybridized carbons (Fsp3) is 0.400. The third kappa shape index (κ3) is 4.62. The quantitative estimate of drug-likeness (QED) is 0.764. The summed E-state index contributed by atoms with van der Waals surface area (Å²) >= 11 is 0. The van der Waals surface area contributed by atoms with Gasteiger partial charge in [0.05, 0.1) is 17.3 Å². The van der Waals surface area contributed by atoms with Crippen molar-refractivity contribution in [3.05, 3.63) is 42.5 Å². The average molecular weight is 404 g/mol. The van der Waals surface area contributed by atoms with Crippen molar-refractivity contribution in [2.75, 3.05) is 38.5 Å². The Morgan fingerprint density at radius 2 is 1.61 bits per heavy atom. The molecular weight excluding hydrogens is 380 g/mol. The summed E-state index contributed by atoms with van der Waals surface area (Å²) in [7, 11) is -3.55. The van der Waals surface area contributed by atoms with E-state index >= 15 is 0 Å². The van der Waals surface area contributed by atoms with E-state index in [0.717, 1.165) is 10.8 Å². The molecule has 0 aliphatic carbocycles. The van der Waals surface area contributed by atoms with Crippen LogP contribution in [0.25, 0.3) is 10.8 Å². The van der Waals surface area contributed by atoms with E-state index in [4.69, 9.17) is 4.74 Å². The molecule has 1 saturated heterocycles. The lowest BCUT2D eigenvalue weighted by molar-refractivity contribution is -0.132. The van der Waals surface area contributed by atoms with Crippen LogP contribution in [0, 0.1) is 0 Å². The second kappa shape index (κ2) is 8.60. The molecule has 0 unspecified atom stereocenters. The number of rotatable bonds is 5. The molecule has 3 rings (SSSR count). The van der Waals surface area contributed by atoms with E-state index in [1.807, 2.05) is 24.3 Å². The van der Waals surface area contributed by atoms with Crippen molar-refractivity contribution in [3.63, 3.8) is 0 Å².